The Morgan fingerprint density at radius 2 is 1.82 bits per heavy atom. The summed E-state index contributed by atoms with van der Waals surface area (Å²) in [4.78, 5) is 38.5. The lowest BCUT2D eigenvalue weighted by Gasteiger charge is -2.13. The summed E-state index contributed by atoms with van der Waals surface area (Å²) in [7, 11) is 0. The number of benzene rings is 2. The van der Waals surface area contributed by atoms with Crippen molar-refractivity contribution >= 4 is 46.5 Å². The SMILES string of the molecule is Cc1cc(C)cc(C(=O)NCCN2C(=O)S/C(=C\c3ccccc3Cl)C2=O)c1. The van der Waals surface area contributed by atoms with Crippen molar-refractivity contribution in [1.29, 1.82) is 0 Å². The molecule has 0 bridgehead atoms. The van der Waals surface area contributed by atoms with Crippen LogP contribution in [0.1, 0.15) is 27.0 Å². The molecule has 0 spiro atoms. The van der Waals surface area contributed by atoms with Gasteiger partial charge in [0, 0.05) is 23.7 Å². The van der Waals surface area contributed by atoms with Crippen molar-refractivity contribution in [2.24, 2.45) is 0 Å². The molecule has 0 radical (unpaired) electrons. The van der Waals surface area contributed by atoms with Gasteiger partial charge in [0.15, 0.2) is 0 Å². The van der Waals surface area contributed by atoms with Crippen LogP contribution in [0.3, 0.4) is 0 Å². The second-order valence-corrected chi connectivity index (χ2v) is 7.89. The molecule has 1 fully saturated rings. The molecule has 1 saturated heterocycles. The van der Waals surface area contributed by atoms with E-state index in [1.807, 2.05) is 26.0 Å². The Morgan fingerprint density at radius 1 is 1.14 bits per heavy atom. The van der Waals surface area contributed by atoms with Crippen LogP contribution >= 0.6 is 23.4 Å². The Kier molecular flexibility index (Phi) is 6.21. The zero-order valence-electron chi connectivity index (χ0n) is 15.5. The molecule has 1 N–H and O–H groups in total. The summed E-state index contributed by atoms with van der Waals surface area (Å²) in [5.74, 6) is -0.610. The van der Waals surface area contributed by atoms with Crippen molar-refractivity contribution in [1.82, 2.24) is 10.2 Å². The van der Waals surface area contributed by atoms with Crippen molar-refractivity contribution in [3.8, 4) is 0 Å². The molecule has 1 heterocycles. The molecule has 144 valence electrons. The van der Waals surface area contributed by atoms with Gasteiger partial charge >= 0.3 is 0 Å². The maximum absolute atomic E-state index is 12.5. The second-order valence-electron chi connectivity index (χ2n) is 6.49. The Morgan fingerprint density at radius 3 is 2.50 bits per heavy atom. The zero-order valence-corrected chi connectivity index (χ0v) is 17.1. The molecular weight excluding hydrogens is 396 g/mol. The highest BCUT2D eigenvalue weighted by atomic mass is 35.5. The molecule has 7 heteroatoms. The third kappa shape index (κ3) is 4.64. The highest BCUT2D eigenvalue weighted by Crippen LogP contribution is 2.33. The summed E-state index contributed by atoms with van der Waals surface area (Å²) in [5, 5.41) is 2.91. The van der Waals surface area contributed by atoms with E-state index in [0.29, 0.717) is 21.1 Å². The molecular formula is C21H19ClN2O3S. The number of amides is 3. The van der Waals surface area contributed by atoms with Crippen molar-refractivity contribution in [2.75, 3.05) is 13.1 Å². The van der Waals surface area contributed by atoms with Gasteiger partial charge in [-0.25, -0.2) is 0 Å². The Bertz CT molecular complexity index is 967. The van der Waals surface area contributed by atoms with Crippen LogP contribution in [0, 0.1) is 13.8 Å². The zero-order chi connectivity index (χ0) is 20.3. The molecule has 5 nitrogen and oxygen atoms in total. The highest BCUT2D eigenvalue weighted by Gasteiger charge is 2.34. The molecule has 1 aliphatic rings. The van der Waals surface area contributed by atoms with E-state index >= 15 is 0 Å². The van der Waals surface area contributed by atoms with Gasteiger partial charge in [0.2, 0.25) is 0 Å². The first-order valence-corrected chi connectivity index (χ1v) is 9.91. The smallest absolute Gasteiger partial charge is 0.293 e. The summed E-state index contributed by atoms with van der Waals surface area (Å²) < 4.78 is 0. The molecule has 0 aliphatic carbocycles. The minimum atomic E-state index is -0.379. The number of imide groups is 1. The number of nitrogens with zero attached hydrogens (tertiary/aromatic N) is 1. The van der Waals surface area contributed by atoms with E-state index in [0.717, 1.165) is 27.8 Å². The van der Waals surface area contributed by atoms with Gasteiger partial charge in [-0.1, -0.05) is 47.0 Å². The van der Waals surface area contributed by atoms with Gasteiger partial charge in [0.1, 0.15) is 0 Å². The molecule has 0 unspecified atom stereocenters. The fourth-order valence-electron chi connectivity index (χ4n) is 2.92. The molecule has 2 aromatic rings. The number of thioether (sulfide) groups is 1. The van der Waals surface area contributed by atoms with E-state index in [1.54, 1.807) is 36.4 Å². The summed E-state index contributed by atoms with van der Waals surface area (Å²) in [5.41, 5.74) is 3.24. The van der Waals surface area contributed by atoms with Crippen LogP contribution in [0.4, 0.5) is 4.79 Å². The van der Waals surface area contributed by atoms with Crippen LogP contribution in [0.15, 0.2) is 47.4 Å². The maximum Gasteiger partial charge on any atom is 0.293 e. The Labute approximate surface area is 172 Å². The van der Waals surface area contributed by atoms with Crippen molar-refractivity contribution in [2.45, 2.75) is 13.8 Å². The van der Waals surface area contributed by atoms with Crippen molar-refractivity contribution in [3.63, 3.8) is 0 Å². The summed E-state index contributed by atoms with van der Waals surface area (Å²) >= 11 is 6.98. The van der Waals surface area contributed by atoms with Crippen LogP contribution in [-0.2, 0) is 4.79 Å². The number of nitrogens with one attached hydrogen (secondary N) is 1. The van der Waals surface area contributed by atoms with Gasteiger partial charge in [-0.3, -0.25) is 19.3 Å². The molecule has 3 amide bonds. The van der Waals surface area contributed by atoms with Crippen molar-refractivity contribution in [3.05, 3.63) is 74.6 Å². The quantitative estimate of drug-likeness (QED) is 0.735. The lowest BCUT2D eigenvalue weighted by atomic mass is 10.1. The van der Waals surface area contributed by atoms with E-state index in [4.69, 9.17) is 11.6 Å². The topological polar surface area (TPSA) is 66.5 Å². The fraction of sp³-hybridized carbons (Fsp3) is 0.190. The van der Waals surface area contributed by atoms with Crippen LogP contribution in [-0.4, -0.2) is 35.0 Å². The monoisotopic (exact) mass is 414 g/mol. The number of carbonyl (C=O) groups excluding carboxylic acids is 3. The third-order valence-electron chi connectivity index (χ3n) is 4.17. The summed E-state index contributed by atoms with van der Waals surface area (Å²) in [6, 6.07) is 12.7. The molecule has 3 rings (SSSR count). The summed E-state index contributed by atoms with van der Waals surface area (Å²) in [6.07, 6.45) is 1.61. The van der Waals surface area contributed by atoms with E-state index in [-0.39, 0.29) is 30.1 Å². The normalized spacial score (nSPS) is 15.4. The minimum absolute atomic E-state index is 0.112. The van der Waals surface area contributed by atoms with Crippen LogP contribution in [0.2, 0.25) is 5.02 Å². The predicted octanol–water partition coefficient (Wildman–Crippen LogP) is 4.42. The number of aryl methyl sites for hydroxylation is 2. The first kappa shape index (κ1) is 20.2. The van der Waals surface area contributed by atoms with Gasteiger partial charge in [-0.05, 0) is 55.4 Å². The maximum atomic E-state index is 12.5. The minimum Gasteiger partial charge on any atom is -0.350 e. The van der Waals surface area contributed by atoms with Crippen LogP contribution in [0.25, 0.3) is 6.08 Å². The van der Waals surface area contributed by atoms with Crippen LogP contribution in [0.5, 0.6) is 0 Å². The first-order chi connectivity index (χ1) is 13.3. The number of halogens is 1. The summed E-state index contributed by atoms with van der Waals surface area (Å²) in [6.45, 7) is 4.15. The van der Waals surface area contributed by atoms with Gasteiger partial charge in [0.25, 0.3) is 17.1 Å². The lowest BCUT2D eigenvalue weighted by molar-refractivity contribution is -0.122. The van der Waals surface area contributed by atoms with Crippen molar-refractivity contribution < 1.29 is 14.4 Å². The average molecular weight is 415 g/mol. The van der Waals surface area contributed by atoms with Gasteiger partial charge in [-0.2, -0.15) is 0 Å². The number of hydrogen-bond acceptors (Lipinski definition) is 4. The standard InChI is InChI=1S/C21H19ClN2O3S/c1-13-9-14(2)11-16(10-13)19(25)23-7-8-24-20(26)18(28-21(24)27)12-15-5-3-4-6-17(15)22/h3-6,9-12H,7-8H2,1-2H3,(H,23,25)/b18-12-. The Hall–Kier alpha value is -2.57. The average Bonchev–Trinajstić information content (AvgIpc) is 2.90. The van der Waals surface area contributed by atoms with E-state index < -0.39 is 0 Å². The molecule has 2 aromatic carbocycles. The Balaban J connectivity index is 1.62. The largest absolute Gasteiger partial charge is 0.350 e. The second kappa shape index (κ2) is 8.63. The molecule has 0 atom stereocenters. The van der Waals surface area contributed by atoms with Gasteiger partial charge < -0.3 is 5.32 Å². The molecule has 0 saturated carbocycles. The number of carbonyl (C=O) groups is 3. The fourth-order valence-corrected chi connectivity index (χ4v) is 3.96. The number of rotatable bonds is 5. The van der Waals surface area contributed by atoms with Crippen LogP contribution < -0.4 is 5.32 Å². The molecule has 28 heavy (non-hydrogen) atoms. The van der Waals surface area contributed by atoms with E-state index in [1.165, 1.54) is 0 Å². The molecule has 1 aliphatic heterocycles. The number of hydrogen-bond donors (Lipinski definition) is 1. The van der Waals surface area contributed by atoms with Gasteiger partial charge in [-0.15, -0.1) is 0 Å². The van der Waals surface area contributed by atoms with Gasteiger partial charge in [0.05, 0.1) is 4.91 Å². The van der Waals surface area contributed by atoms with E-state index in [9.17, 15) is 14.4 Å². The third-order valence-corrected chi connectivity index (χ3v) is 5.42. The predicted molar refractivity (Wildman–Crippen MR) is 112 cm³/mol. The van der Waals surface area contributed by atoms with E-state index in [2.05, 4.69) is 5.32 Å². The molecule has 0 aromatic heterocycles. The lowest BCUT2D eigenvalue weighted by Crippen LogP contribution is -2.37. The highest BCUT2D eigenvalue weighted by molar-refractivity contribution is 8.18. The first-order valence-electron chi connectivity index (χ1n) is 8.71.